The predicted octanol–water partition coefficient (Wildman–Crippen LogP) is 2.16. The van der Waals surface area contributed by atoms with E-state index in [1.165, 1.54) is 32.0 Å². The maximum absolute atomic E-state index is 5.78. The summed E-state index contributed by atoms with van der Waals surface area (Å²) in [4.78, 5) is 7.89. The van der Waals surface area contributed by atoms with Crippen molar-refractivity contribution in [1.29, 1.82) is 0 Å². The van der Waals surface area contributed by atoms with Gasteiger partial charge < -0.3 is 10.5 Å². The van der Waals surface area contributed by atoms with Crippen molar-refractivity contribution in [2.24, 2.45) is 0 Å². The zero-order valence-electron chi connectivity index (χ0n) is 8.85. The van der Waals surface area contributed by atoms with Gasteiger partial charge in [-0.2, -0.15) is 0 Å². The van der Waals surface area contributed by atoms with Crippen LogP contribution in [0.1, 0.15) is 38.5 Å². The van der Waals surface area contributed by atoms with Crippen molar-refractivity contribution in [2.75, 3.05) is 5.73 Å². The number of nitrogens with zero attached hydrogens (tertiary/aromatic N) is 2. The largest absolute Gasteiger partial charge is 0.474 e. The van der Waals surface area contributed by atoms with E-state index in [0.717, 1.165) is 12.8 Å². The lowest BCUT2D eigenvalue weighted by atomic mass is 10.1. The van der Waals surface area contributed by atoms with Gasteiger partial charge in [-0.05, 0) is 25.7 Å². The molecule has 1 aliphatic carbocycles. The fourth-order valence-electron chi connectivity index (χ4n) is 1.95. The summed E-state index contributed by atoms with van der Waals surface area (Å²) in [6, 6.07) is 1.69. The van der Waals surface area contributed by atoms with Gasteiger partial charge in [-0.3, -0.25) is 0 Å². The first kappa shape index (κ1) is 10.2. The molecule has 1 fully saturated rings. The molecule has 1 saturated carbocycles. The van der Waals surface area contributed by atoms with Crippen LogP contribution in [-0.2, 0) is 0 Å². The lowest BCUT2D eigenvalue weighted by Crippen LogP contribution is -2.16. The molecule has 0 atom stereocenters. The van der Waals surface area contributed by atoms with Crippen LogP contribution in [0.25, 0.3) is 0 Å². The molecule has 0 bridgehead atoms. The summed E-state index contributed by atoms with van der Waals surface area (Å²) in [6.45, 7) is 0. The molecule has 1 aromatic rings. The minimum atomic E-state index is 0.307. The molecule has 0 aromatic carbocycles. The SMILES string of the molecule is Nc1cc(OC2CCCCCC2)ncn1. The Hall–Kier alpha value is -1.32. The van der Waals surface area contributed by atoms with E-state index in [1.54, 1.807) is 6.07 Å². The molecule has 2 N–H and O–H groups in total. The van der Waals surface area contributed by atoms with Crippen LogP contribution in [0.15, 0.2) is 12.4 Å². The van der Waals surface area contributed by atoms with Crippen LogP contribution < -0.4 is 10.5 Å². The van der Waals surface area contributed by atoms with Crippen LogP contribution in [0.5, 0.6) is 5.88 Å². The maximum Gasteiger partial charge on any atom is 0.218 e. The molecular formula is C11H17N3O. The molecule has 0 saturated heterocycles. The molecule has 0 radical (unpaired) electrons. The Morgan fingerprint density at radius 2 is 1.87 bits per heavy atom. The Bertz CT molecular complexity index is 308. The van der Waals surface area contributed by atoms with E-state index >= 15 is 0 Å². The standard InChI is InChI=1S/C11H17N3O/c12-10-7-11(14-8-13-10)15-9-5-3-1-2-4-6-9/h7-9H,1-6H2,(H2,12,13,14). The first-order valence-electron chi connectivity index (χ1n) is 5.59. The highest BCUT2D eigenvalue weighted by atomic mass is 16.5. The topological polar surface area (TPSA) is 61.0 Å². The molecule has 1 aliphatic rings. The van der Waals surface area contributed by atoms with Crippen molar-refractivity contribution in [3.05, 3.63) is 12.4 Å². The van der Waals surface area contributed by atoms with E-state index < -0.39 is 0 Å². The van der Waals surface area contributed by atoms with Gasteiger partial charge in [0.1, 0.15) is 18.2 Å². The minimum Gasteiger partial charge on any atom is -0.474 e. The highest BCUT2D eigenvalue weighted by molar-refractivity contribution is 5.30. The van der Waals surface area contributed by atoms with Crippen LogP contribution in [0.4, 0.5) is 5.82 Å². The van der Waals surface area contributed by atoms with E-state index in [9.17, 15) is 0 Å². The fourth-order valence-corrected chi connectivity index (χ4v) is 1.95. The lowest BCUT2D eigenvalue weighted by molar-refractivity contribution is 0.176. The number of hydrogen-bond acceptors (Lipinski definition) is 4. The molecule has 0 spiro atoms. The minimum absolute atomic E-state index is 0.307. The summed E-state index contributed by atoms with van der Waals surface area (Å²) in [5.74, 6) is 1.07. The Morgan fingerprint density at radius 3 is 2.53 bits per heavy atom. The quantitative estimate of drug-likeness (QED) is 0.755. The highest BCUT2D eigenvalue weighted by Crippen LogP contribution is 2.21. The highest BCUT2D eigenvalue weighted by Gasteiger charge is 2.14. The van der Waals surface area contributed by atoms with Gasteiger partial charge in [0.15, 0.2) is 0 Å². The van der Waals surface area contributed by atoms with Gasteiger partial charge >= 0.3 is 0 Å². The molecular weight excluding hydrogens is 190 g/mol. The maximum atomic E-state index is 5.78. The van der Waals surface area contributed by atoms with Crippen LogP contribution in [0, 0.1) is 0 Å². The van der Waals surface area contributed by atoms with Crippen molar-refractivity contribution in [3.63, 3.8) is 0 Å². The molecule has 2 rings (SSSR count). The van der Waals surface area contributed by atoms with Gasteiger partial charge in [0.25, 0.3) is 0 Å². The molecule has 0 unspecified atom stereocenters. The second kappa shape index (κ2) is 4.96. The van der Waals surface area contributed by atoms with Crippen LogP contribution in [0.2, 0.25) is 0 Å². The van der Waals surface area contributed by atoms with E-state index in [-0.39, 0.29) is 0 Å². The Labute approximate surface area is 89.9 Å². The van der Waals surface area contributed by atoms with Gasteiger partial charge in [0, 0.05) is 6.07 Å². The summed E-state index contributed by atoms with van der Waals surface area (Å²) in [5, 5.41) is 0. The summed E-state index contributed by atoms with van der Waals surface area (Å²) < 4.78 is 5.78. The summed E-state index contributed by atoms with van der Waals surface area (Å²) >= 11 is 0. The normalized spacial score (nSPS) is 18.4. The Morgan fingerprint density at radius 1 is 1.13 bits per heavy atom. The summed E-state index contributed by atoms with van der Waals surface area (Å²) in [5.41, 5.74) is 5.56. The fraction of sp³-hybridized carbons (Fsp3) is 0.636. The smallest absolute Gasteiger partial charge is 0.218 e. The number of aromatic nitrogens is 2. The molecule has 0 amide bonds. The second-order valence-corrected chi connectivity index (χ2v) is 4.01. The average molecular weight is 207 g/mol. The van der Waals surface area contributed by atoms with E-state index in [0.29, 0.717) is 17.8 Å². The molecule has 4 nitrogen and oxygen atoms in total. The third-order valence-electron chi connectivity index (χ3n) is 2.75. The van der Waals surface area contributed by atoms with Crippen molar-refractivity contribution in [3.8, 4) is 5.88 Å². The predicted molar refractivity (Wildman–Crippen MR) is 58.6 cm³/mol. The second-order valence-electron chi connectivity index (χ2n) is 4.01. The zero-order valence-corrected chi connectivity index (χ0v) is 8.85. The van der Waals surface area contributed by atoms with E-state index in [1.807, 2.05) is 0 Å². The number of anilines is 1. The van der Waals surface area contributed by atoms with Crippen LogP contribution >= 0.6 is 0 Å². The summed E-state index contributed by atoms with van der Waals surface area (Å²) in [6.07, 6.45) is 9.17. The van der Waals surface area contributed by atoms with E-state index in [4.69, 9.17) is 10.5 Å². The van der Waals surface area contributed by atoms with Crippen LogP contribution in [-0.4, -0.2) is 16.1 Å². The van der Waals surface area contributed by atoms with E-state index in [2.05, 4.69) is 9.97 Å². The molecule has 15 heavy (non-hydrogen) atoms. The van der Waals surface area contributed by atoms with Gasteiger partial charge in [-0.25, -0.2) is 9.97 Å². The first-order chi connectivity index (χ1) is 7.34. The summed E-state index contributed by atoms with van der Waals surface area (Å²) in [7, 11) is 0. The van der Waals surface area contributed by atoms with Gasteiger partial charge in [-0.1, -0.05) is 12.8 Å². The zero-order chi connectivity index (χ0) is 10.5. The monoisotopic (exact) mass is 207 g/mol. The number of ether oxygens (including phenoxy) is 1. The Balaban J connectivity index is 1.95. The van der Waals surface area contributed by atoms with Gasteiger partial charge in [-0.15, -0.1) is 0 Å². The third-order valence-corrected chi connectivity index (χ3v) is 2.75. The van der Waals surface area contributed by atoms with Crippen molar-refractivity contribution in [1.82, 2.24) is 9.97 Å². The number of nitrogen functional groups attached to an aromatic ring is 1. The number of rotatable bonds is 2. The molecule has 1 heterocycles. The Kier molecular flexibility index (Phi) is 3.37. The molecule has 0 aliphatic heterocycles. The first-order valence-corrected chi connectivity index (χ1v) is 5.59. The molecule has 4 heteroatoms. The third kappa shape index (κ3) is 3.08. The lowest BCUT2D eigenvalue weighted by Gasteiger charge is -2.15. The van der Waals surface area contributed by atoms with Crippen molar-refractivity contribution in [2.45, 2.75) is 44.6 Å². The average Bonchev–Trinajstić information content (AvgIpc) is 2.46. The molecule has 82 valence electrons. The van der Waals surface area contributed by atoms with Crippen molar-refractivity contribution < 1.29 is 4.74 Å². The number of nitrogens with two attached hydrogens (primary N) is 1. The van der Waals surface area contributed by atoms with Gasteiger partial charge in [0.2, 0.25) is 5.88 Å². The van der Waals surface area contributed by atoms with Crippen molar-refractivity contribution >= 4 is 5.82 Å². The van der Waals surface area contributed by atoms with Crippen LogP contribution in [0.3, 0.4) is 0 Å². The van der Waals surface area contributed by atoms with Gasteiger partial charge in [0.05, 0.1) is 0 Å². The molecule has 1 aromatic heterocycles. The number of hydrogen-bond donors (Lipinski definition) is 1.